The van der Waals surface area contributed by atoms with Gasteiger partial charge in [0.05, 0.1) is 5.57 Å². The van der Waals surface area contributed by atoms with Gasteiger partial charge in [-0.05, 0) is 25.7 Å². The van der Waals surface area contributed by atoms with Crippen LogP contribution in [0.15, 0.2) is 21.3 Å². The first-order valence-corrected chi connectivity index (χ1v) is 9.68. The van der Waals surface area contributed by atoms with Gasteiger partial charge in [0.2, 0.25) is 5.90 Å². The van der Waals surface area contributed by atoms with Crippen molar-refractivity contribution in [1.82, 2.24) is 9.80 Å². The molecule has 1 atom stereocenters. The molecule has 0 N–H and O–H groups in total. The van der Waals surface area contributed by atoms with Crippen molar-refractivity contribution in [3.8, 4) is 0 Å². The zero-order valence-corrected chi connectivity index (χ0v) is 15.3. The third kappa shape index (κ3) is 3.32. The molecular weight excluding hydrogens is 332 g/mol. The van der Waals surface area contributed by atoms with Gasteiger partial charge in [-0.2, -0.15) is 0 Å². The predicted molar refractivity (Wildman–Crippen MR) is 97.8 cm³/mol. The Morgan fingerprint density at radius 1 is 1.19 bits per heavy atom. The molecule has 3 aliphatic heterocycles. The van der Waals surface area contributed by atoms with Crippen LogP contribution < -0.4 is 0 Å². The van der Waals surface area contributed by atoms with Gasteiger partial charge in [-0.15, -0.1) is 0 Å². The zero-order valence-electron chi connectivity index (χ0n) is 15.3. The van der Waals surface area contributed by atoms with Crippen molar-refractivity contribution in [2.45, 2.75) is 39.0 Å². The lowest BCUT2D eigenvalue weighted by molar-refractivity contribution is -0.131. The van der Waals surface area contributed by atoms with E-state index < -0.39 is 5.92 Å². The van der Waals surface area contributed by atoms with E-state index in [-0.39, 0.29) is 17.7 Å². The maximum atomic E-state index is 13.0. The van der Waals surface area contributed by atoms with Crippen LogP contribution in [0, 0.1) is 11.8 Å². The van der Waals surface area contributed by atoms with Gasteiger partial charge in [0.15, 0.2) is 5.92 Å². The molecular formula is C19H26N4O3. The van der Waals surface area contributed by atoms with Crippen molar-refractivity contribution in [2.75, 3.05) is 32.7 Å². The van der Waals surface area contributed by atoms with Gasteiger partial charge in [-0.3, -0.25) is 14.5 Å². The second-order valence-electron chi connectivity index (χ2n) is 7.65. The van der Waals surface area contributed by atoms with Gasteiger partial charge < -0.3 is 9.64 Å². The maximum absolute atomic E-state index is 13.0. The van der Waals surface area contributed by atoms with Gasteiger partial charge in [0.1, 0.15) is 12.1 Å². The fourth-order valence-electron chi connectivity index (χ4n) is 4.46. The summed E-state index contributed by atoms with van der Waals surface area (Å²) < 4.78 is 5.54. The Hall–Kier alpha value is -2.02. The van der Waals surface area contributed by atoms with Crippen LogP contribution in [0.3, 0.4) is 0 Å². The Bertz CT molecular complexity index is 683. The lowest BCUT2D eigenvalue weighted by Gasteiger charge is -2.37. The number of amides is 2. The molecule has 1 saturated carbocycles. The van der Waals surface area contributed by atoms with Crippen molar-refractivity contribution in [3.63, 3.8) is 0 Å². The van der Waals surface area contributed by atoms with E-state index in [1.54, 1.807) is 6.92 Å². The normalized spacial score (nSPS) is 27.4. The summed E-state index contributed by atoms with van der Waals surface area (Å²) in [6.07, 6.45) is 7.98. The molecule has 3 heterocycles. The minimum Gasteiger partial charge on any atom is -0.446 e. The van der Waals surface area contributed by atoms with E-state index in [1.165, 1.54) is 38.4 Å². The lowest BCUT2D eigenvalue weighted by atomic mass is 9.89. The molecule has 2 fully saturated rings. The van der Waals surface area contributed by atoms with E-state index in [9.17, 15) is 9.59 Å². The summed E-state index contributed by atoms with van der Waals surface area (Å²) in [5, 5.41) is 0. The molecule has 1 unspecified atom stereocenters. The lowest BCUT2D eigenvalue weighted by Crippen LogP contribution is -2.51. The molecule has 0 bridgehead atoms. The third-order valence-electron chi connectivity index (χ3n) is 5.92. The summed E-state index contributed by atoms with van der Waals surface area (Å²) in [5.41, 5.74) is 0.409. The molecule has 4 aliphatic rings. The van der Waals surface area contributed by atoms with E-state index in [4.69, 9.17) is 4.74 Å². The molecule has 7 nitrogen and oxygen atoms in total. The number of aliphatic imine (C=N–C) groups is 2. The molecule has 1 aliphatic carbocycles. The average Bonchev–Trinajstić information content (AvgIpc) is 3.00. The number of carbonyl (C=O) groups excluding carboxylic acids is 2. The Kier molecular flexibility index (Phi) is 4.89. The predicted octanol–water partition coefficient (Wildman–Crippen LogP) is 1.60. The van der Waals surface area contributed by atoms with E-state index in [2.05, 4.69) is 14.9 Å². The molecule has 0 radical (unpaired) electrons. The van der Waals surface area contributed by atoms with E-state index in [0.29, 0.717) is 24.4 Å². The first-order valence-electron chi connectivity index (χ1n) is 9.68. The number of allylic oxidation sites excluding steroid dienone is 1. The second kappa shape index (κ2) is 7.31. The third-order valence-corrected chi connectivity index (χ3v) is 5.92. The zero-order chi connectivity index (χ0) is 18.1. The quantitative estimate of drug-likeness (QED) is 0.768. The maximum Gasteiger partial charge on any atom is 0.264 e. The minimum atomic E-state index is -0.757. The van der Waals surface area contributed by atoms with Crippen LogP contribution in [-0.2, 0) is 14.3 Å². The van der Waals surface area contributed by atoms with Gasteiger partial charge in [-0.1, -0.05) is 19.3 Å². The molecule has 140 valence electrons. The van der Waals surface area contributed by atoms with Crippen LogP contribution in [0.25, 0.3) is 0 Å². The first kappa shape index (κ1) is 17.4. The van der Waals surface area contributed by atoms with E-state index >= 15 is 0 Å². The molecule has 2 amide bonds. The van der Waals surface area contributed by atoms with Crippen molar-refractivity contribution in [1.29, 1.82) is 0 Å². The van der Waals surface area contributed by atoms with Crippen molar-refractivity contribution in [2.24, 2.45) is 21.8 Å². The highest BCUT2D eigenvalue weighted by Gasteiger charge is 2.44. The summed E-state index contributed by atoms with van der Waals surface area (Å²) in [7, 11) is 0. The molecule has 0 aromatic rings. The summed E-state index contributed by atoms with van der Waals surface area (Å²) in [6, 6.07) is 0. The van der Waals surface area contributed by atoms with E-state index in [0.717, 1.165) is 25.6 Å². The highest BCUT2D eigenvalue weighted by Crippen LogP contribution is 2.32. The summed E-state index contributed by atoms with van der Waals surface area (Å²) in [4.78, 5) is 37.2. The van der Waals surface area contributed by atoms with Crippen LogP contribution in [0.2, 0.25) is 0 Å². The van der Waals surface area contributed by atoms with Gasteiger partial charge >= 0.3 is 0 Å². The number of carbonyl (C=O) groups is 2. The number of ether oxygens (including phenoxy) is 1. The highest BCUT2D eigenvalue weighted by molar-refractivity contribution is 6.18. The molecule has 26 heavy (non-hydrogen) atoms. The Morgan fingerprint density at radius 3 is 2.65 bits per heavy atom. The first-order chi connectivity index (χ1) is 12.6. The summed E-state index contributed by atoms with van der Waals surface area (Å²) >= 11 is 0. The number of hydrogen-bond donors (Lipinski definition) is 0. The van der Waals surface area contributed by atoms with Crippen molar-refractivity contribution >= 4 is 24.1 Å². The van der Waals surface area contributed by atoms with Crippen LogP contribution in [0.4, 0.5) is 0 Å². The Labute approximate surface area is 153 Å². The van der Waals surface area contributed by atoms with Crippen molar-refractivity contribution in [3.05, 3.63) is 11.3 Å². The SMILES string of the molecule is CC1=C(C(=O)N2CCN(CC3CCCCC3)CC2)C2C(=O)N=CN=C2O1. The van der Waals surface area contributed by atoms with Crippen LogP contribution >= 0.6 is 0 Å². The molecule has 0 aromatic carbocycles. The van der Waals surface area contributed by atoms with Crippen LogP contribution in [0.1, 0.15) is 39.0 Å². The highest BCUT2D eigenvalue weighted by atomic mass is 16.5. The standard InChI is InChI=1S/C19H26N4O3/c1-13-15(16-17(24)20-12-21-18(16)26-13)19(25)23-9-7-22(8-10-23)11-14-5-3-2-4-6-14/h12,14,16H,2-11H2,1H3. The fourth-order valence-corrected chi connectivity index (χ4v) is 4.46. The summed E-state index contributed by atoms with van der Waals surface area (Å²) in [5.74, 6) is 0.332. The average molecular weight is 358 g/mol. The van der Waals surface area contributed by atoms with Gasteiger partial charge in [0, 0.05) is 32.7 Å². The number of rotatable bonds is 3. The number of fused-ring (bicyclic) bond motifs is 1. The Balaban J connectivity index is 1.36. The number of nitrogens with zero attached hydrogens (tertiary/aromatic N) is 4. The molecule has 4 rings (SSSR count). The smallest absolute Gasteiger partial charge is 0.264 e. The number of hydrogen-bond acceptors (Lipinski definition) is 5. The topological polar surface area (TPSA) is 74.6 Å². The largest absolute Gasteiger partial charge is 0.446 e. The second-order valence-corrected chi connectivity index (χ2v) is 7.65. The van der Waals surface area contributed by atoms with Crippen LogP contribution in [0.5, 0.6) is 0 Å². The van der Waals surface area contributed by atoms with Gasteiger partial charge in [-0.25, -0.2) is 9.98 Å². The van der Waals surface area contributed by atoms with Gasteiger partial charge in [0.25, 0.3) is 11.8 Å². The van der Waals surface area contributed by atoms with Crippen molar-refractivity contribution < 1.29 is 14.3 Å². The monoisotopic (exact) mass is 358 g/mol. The molecule has 1 saturated heterocycles. The molecule has 7 heteroatoms. The minimum absolute atomic E-state index is 0.111. The summed E-state index contributed by atoms with van der Waals surface area (Å²) in [6.45, 7) is 6.05. The molecule has 0 aromatic heterocycles. The number of piperazine rings is 1. The van der Waals surface area contributed by atoms with Crippen LogP contribution in [-0.4, -0.2) is 66.6 Å². The molecule has 0 spiro atoms. The Morgan fingerprint density at radius 2 is 1.92 bits per heavy atom. The van der Waals surface area contributed by atoms with E-state index in [1.807, 2.05) is 4.90 Å². The fraction of sp³-hybridized carbons (Fsp3) is 0.684.